The van der Waals surface area contributed by atoms with Crippen molar-refractivity contribution in [2.45, 2.75) is 29.7 Å². The molecule has 2 nitrogen and oxygen atoms in total. The Balaban J connectivity index is 2.27. The Bertz CT molecular complexity index is 511. The van der Waals surface area contributed by atoms with Crippen molar-refractivity contribution >= 4 is 11.8 Å². The maximum atomic E-state index is 5.39. The lowest BCUT2D eigenvalue weighted by Gasteiger charge is -2.13. The van der Waals surface area contributed by atoms with Crippen LogP contribution in [0, 0.1) is 0 Å². The maximum absolute atomic E-state index is 5.39. The van der Waals surface area contributed by atoms with E-state index in [1.807, 2.05) is 30.5 Å². The fourth-order valence-electron chi connectivity index (χ4n) is 1.76. The lowest BCUT2D eigenvalue weighted by molar-refractivity contribution is 0.407. The minimum absolute atomic E-state index is 0.448. The van der Waals surface area contributed by atoms with E-state index < -0.39 is 0 Å². The highest BCUT2D eigenvalue weighted by Crippen LogP contribution is 2.33. The molecule has 0 radical (unpaired) electrons. The van der Waals surface area contributed by atoms with Crippen LogP contribution in [0.2, 0.25) is 0 Å². The van der Waals surface area contributed by atoms with Crippen LogP contribution in [0.1, 0.15) is 25.3 Å². The molecule has 0 saturated heterocycles. The van der Waals surface area contributed by atoms with Gasteiger partial charge in [0.25, 0.3) is 0 Å². The van der Waals surface area contributed by atoms with Crippen LogP contribution < -0.4 is 4.74 Å². The summed E-state index contributed by atoms with van der Waals surface area (Å²) in [6.45, 7) is 4.35. The Morgan fingerprint density at radius 3 is 2.61 bits per heavy atom. The van der Waals surface area contributed by atoms with E-state index in [1.165, 1.54) is 10.5 Å². The number of hydrogen-bond donors (Lipinski definition) is 0. The number of ether oxygens (including phenoxy) is 1. The zero-order valence-electron chi connectivity index (χ0n) is 10.9. The molecule has 0 bridgehead atoms. The van der Waals surface area contributed by atoms with Crippen molar-refractivity contribution in [1.82, 2.24) is 4.98 Å². The zero-order valence-corrected chi connectivity index (χ0v) is 11.7. The van der Waals surface area contributed by atoms with Gasteiger partial charge in [0, 0.05) is 11.1 Å². The van der Waals surface area contributed by atoms with Crippen molar-refractivity contribution in [1.29, 1.82) is 0 Å². The van der Waals surface area contributed by atoms with Gasteiger partial charge in [-0.25, -0.2) is 4.98 Å². The van der Waals surface area contributed by atoms with Crippen LogP contribution in [0.5, 0.6) is 5.75 Å². The lowest BCUT2D eigenvalue weighted by Crippen LogP contribution is -1.94. The van der Waals surface area contributed by atoms with Gasteiger partial charge in [0.1, 0.15) is 10.8 Å². The van der Waals surface area contributed by atoms with E-state index in [0.717, 1.165) is 10.8 Å². The van der Waals surface area contributed by atoms with Crippen molar-refractivity contribution in [3.63, 3.8) is 0 Å². The summed E-state index contributed by atoms with van der Waals surface area (Å²) in [4.78, 5) is 5.52. The highest BCUT2D eigenvalue weighted by atomic mass is 32.2. The molecule has 0 saturated carbocycles. The Kier molecular flexibility index (Phi) is 4.26. The monoisotopic (exact) mass is 259 g/mol. The van der Waals surface area contributed by atoms with Gasteiger partial charge >= 0.3 is 0 Å². The highest BCUT2D eigenvalue weighted by molar-refractivity contribution is 7.99. The summed E-state index contributed by atoms with van der Waals surface area (Å²) in [5, 5.41) is 1.01. The molecular formula is C15H17NOS. The van der Waals surface area contributed by atoms with E-state index >= 15 is 0 Å². The second-order valence-corrected chi connectivity index (χ2v) is 5.42. The molecule has 2 rings (SSSR count). The van der Waals surface area contributed by atoms with E-state index in [4.69, 9.17) is 4.74 Å². The molecule has 3 heteroatoms. The molecule has 1 heterocycles. The number of methoxy groups -OCH3 is 1. The molecule has 0 N–H and O–H groups in total. The van der Waals surface area contributed by atoms with Crippen molar-refractivity contribution in [3.8, 4) is 5.75 Å². The average molecular weight is 259 g/mol. The van der Waals surface area contributed by atoms with Crippen molar-refractivity contribution in [2.24, 2.45) is 0 Å². The second kappa shape index (κ2) is 5.91. The van der Waals surface area contributed by atoms with Gasteiger partial charge in [-0.1, -0.05) is 31.7 Å². The SMILES string of the molecule is COc1ccc(Sc2ccccn2)cc1C(C)C. The van der Waals surface area contributed by atoms with Gasteiger partial charge in [-0.2, -0.15) is 0 Å². The number of pyridine rings is 1. The number of aromatic nitrogens is 1. The van der Waals surface area contributed by atoms with Crippen LogP contribution in [0.25, 0.3) is 0 Å². The third-order valence-corrected chi connectivity index (χ3v) is 3.62. The summed E-state index contributed by atoms with van der Waals surface area (Å²) in [5.41, 5.74) is 1.23. The van der Waals surface area contributed by atoms with Gasteiger partial charge < -0.3 is 4.74 Å². The molecule has 1 aromatic carbocycles. The fraction of sp³-hybridized carbons (Fsp3) is 0.267. The second-order valence-electron chi connectivity index (χ2n) is 4.33. The van der Waals surface area contributed by atoms with Crippen molar-refractivity contribution < 1.29 is 4.74 Å². The van der Waals surface area contributed by atoms with Gasteiger partial charge in [-0.15, -0.1) is 0 Å². The van der Waals surface area contributed by atoms with Gasteiger partial charge in [0.15, 0.2) is 0 Å². The Morgan fingerprint density at radius 1 is 1.17 bits per heavy atom. The number of nitrogens with zero attached hydrogens (tertiary/aromatic N) is 1. The molecule has 0 fully saturated rings. The molecule has 2 aromatic rings. The summed E-state index contributed by atoms with van der Waals surface area (Å²) in [5.74, 6) is 1.40. The summed E-state index contributed by atoms with van der Waals surface area (Å²) >= 11 is 1.67. The standard InChI is InChI=1S/C15H17NOS/c1-11(2)13-10-12(7-8-14(13)17-3)18-15-6-4-5-9-16-15/h4-11H,1-3H3. The summed E-state index contributed by atoms with van der Waals surface area (Å²) in [7, 11) is 1.72. The largest absolute Gasteiger partial charge is 0.496 e. The van der Waals surface area contributed by atoms with Crippen molar-refractivity contribution in [3.05, 3.63) is 48.2 Å². The van der Waals surface area contributed by atoms with Gasteiger partial charge in [-0.05, 0) is 41.8 Å². The fourth-order valence-corrected chi connectivity index (χ4v) is 2.58. The number of rotatable bonds is 4. The molecule has 94 valence electrons. The quantitative estimate of drug-likeness (QED) is 0.814. The Hall–Kier alpha value is -1.48. The van der Waals surface area contributed by atoms with Crippen LogP contribution in [0.15, 0.2) is 52.5 Å². The van der Waals surface area contributed by atoms with E-state index in [9.17, 15) is 0 Å². The molecule has 18 heavy (non-hydrogen) atoms. The van der Waals surface area contributed by atoms with Gasteiger partial charge in [-0.3, -0.25) is 0 Å². The molecule has 0 aliphatic heterocycles. The zero-order chi connectivity index (χ0) is 13.0. The van der Waals surface area contributed by atoms with Crippen LogP contribution in [-0.4, -0.2) is 12.1 Å². The van der Waals surface area contributed by atoms with E-state index in [0.29, 0.717) is 5.92 Å². The van der Waals surface area contributed by atoms with Gasteiger partial charge in [0.2, 0.25) is 0 Å². The van der Waals surface area contributed by atoms with Crippen LogP contribution in [0.3, 0.4) is 0 Å². The Labute approximate surface area is 112 Å². The highest BCUT2D eigenvalue weighted by Gasteiger charge is 2.09. The van der Waals surface area contributed by atoms with E-state index in [1.54, 1.807) is 18.9 Å². The third kappa shape index (κ3) is 3.05. The number of benzene rings is 1. The first-order valence-corrected chi connectivity index (χ1v) is 6.79. The van der Waals surface area contributed by atoms with Crippen LogP contribution in [-0.2, 0) is 0 Å². The average Bonchev–Trinajstić information content (AvgIpc) is 2.40. The smallest absolute Gasteiger partial charge is 0.122 e. The molecule has 0 atom stereocenters. The molecule has 0 aliphatic rings. The molecule has 0 spiro atoms. The number of hydrogen-bond acceptors (Lipinski definition) is 3. The molecule has 0 unspecified atom stereocenters. The first-order valence-electron chi connectivity index (χ1n) is 5.97. The molecule has 0 amide bonds. The summed E-state index contributed by atoms with van der Waals surface area (Å²) in [6, 6.07) is 12.2. The maximum Gasteiger partial charge on any atom is 0.122 e. The molecular weight excluding hydrogens is 242 g/mol. The van der Waals surface area contributed by atoms with E-state index in [2.05, 4.69) is 31.0 Å². The predicted molar refractivity (Wildman–Crippen MR) is 75.4 cm³/mol. The van der Waals surface area contributed by atoms with Crippen molar-refractivity contribution in [2.75, 3.05) is 7.11 Å². The predicted octanol–water partition coefficient (Wildman–Crippen LogP) is 4.36. The first-order chi connectivity index (χ1) is 8.70. The first kappa shape index (κ1) is 13.0. The minimum atomic E-state index is 0.448. The molecule has 1 aromatic heterocycles. The normalized spacial score (nSPS) is 10.7. The van der Waals surface area contributed by atoms with E-state index in [-0.39, 0.29) is 0 Å². The third-order valence-electron chi connectivity index (χ3n) is 2.68. The van der Waals surface area contributed by atoms with Gasteiger partial charge in [0.05, 0.1) is 7.11 Å². The topological polar surface area (TPSA) is 22.1 Å². The summed E-state index contributed by atoms with van der Waals surface area (Å²) in [6.07, 6.45) is 1.81. The van der Waals surface area contributed by atoms with Crippen LogP contribution in [0.4, 0.5) is 0 Å². The summed E-state index contributed by atoms with van der Waals surface area (Å²) < 4.78 is 5.39. The minimum Gasteiger partial charge on any atom is -0.496 e. The lowest BCUT2D eigenvalue weighted by atomic mass is 10.0. The Morgan fingerprint density at radius 2 is 2.00 bits per heavy atom. The molecule has 0 aliphatic carbocycles. The van der Waals surface area contributed by atoms with Crippen LogP contribution >= 0.6 is 11.8 Å².